The summed E-state index contributed by atoms with van der Waals surface area (Å²) in [6.07, 6.45) is 0. The smallest absolute Gasteiger partial charge is 0.227 e. The molecule has 1 unspecified atom stereocenters. The fraction of sp³-hybridized carbons (Fsp3) is 0.292. The third-order valence-corrected chi connectivity index (χ3v) is 5.34. The molecule has 4 heteroatoms. The summed E-state index contributed by atoms with van der Waals surface area (Å²) in [5.74, 6) is 0.785. The van der Waals surface area contributed by atoms with Gasteiger partial charge in [0.05, 0.1) is 12.5 Å². The molecular weight excluding hydrogens is 348 g/mol. The fourth-order valence-electron chi connectivity index (χ4n) is 3.75. The van der Waals surface area contributed by atoms with Crippen molar-refractivity contribution in [1.82, 2.24) is 10.6 Å². The van der Waals surface area contributed by atoms with Gasteiger partial charge in [-0.2, -0.15) is 0 Å². The van der Waals surface area contributed by atoms with Crippen LogP contribution in [0.2, 0.25) is 0 Å². The topological polar surface area (TPSA) is 50.4 Å². The van der Waals surface area contributed by atoms with Gasteiger partial charge < -0.3 is 15.4 Å². The van der Waals surface area contributed by atoms with Crippen molar-refractivity contribution >= 4 is 16.7 Å². The number of hydrogen-bond donors (Lipinski definition) is 2. The average molecular weight is 377 g/mol. The normalized spacial score (nSPS) is 12.6. The van der Waals surface area contributed by atoms with E-state index in [9.17, 15) is 4.79 Å². The highest BCUT2D eigenvalue weighted by molar-refractivity contribution is 5.87. The lowest BCUT2D eigenvalue weighted by molar-refractivity contribution is -0.131. The second kappa shape index (κ2) is 8.44. The lowest BCUT2D eigenvalue weighted by Crippen LogP contribution is -2.44. The number of nitrogens with one attached hydrogen (secondary N) is 2. The van der Waals surface area contributed by atoms with E-state index in [1.807, 2.05) is 63.4 Å². The van der Waals surface area contributed by atoms with Crippen LogP contribution in [0.1, 0.15) is 31.0 Å². The average Bonchev–Trinajstić information content (AvgIpc) is 2.72. The van der Waals surface area contributed by atoms with Gasteiger partial charge in [-0.3, -0.25) is 4.79 Å². The molecule has 0 spiro atoms. The molecule has 146 valence electrons. The van der Waals surface area contributed by atoms with Crippen LogP contribution < -0.4 is 15.4 Å². The van der Waals surface area contributed by atoms with Gasteiger partial charge in [-0.05, 0) is 54.9 Å². The van der Waals surface area contributed by atoms with Crippen molar-refractivity contribution in [3.05, 3.63) is 77.9 Å². The van der Waals surface area contributed by atoms with E-state index < -0.39 is 5.41 Å². The Morgan fingerprint density at radius 1 is 1.04 bits per heavy atom. The molecule has 0 radical (unpaired) electrons. The minimum absolute atomic E-state index is 0.00241. The Kier molecular flexibility index (Phi) is 6.00. The molecule has 1 atom stereocenters. The maximum Gasteiger partial charge on any atom is 0.227 e. The van der Waals surface area contributed by atoms with Gasteiger partial charge in [-0.25, -0.2) is 0 Å². The first-order valence-corrected chi connectivity index (χ1v) is 9.53. The van der Waals surface area contributed by atoms with E-state index in [0.717, 1.165) is 16.9 Å². The molecule has 0 bridgehead atoms. The van der Waals surface area contributed by atoms with Crippen molar-refractivity contribution < 1.29 is 9.53 Å². The van der Waals surface area contributed by atoms with Crippen LogP contribution in [0.15, 0.2) is 66.7 Å². The fourth-order valence-corrected chi connectivity index (χ4v) is 3.75. The zero-order chi connectivity index (χ0) is 20.1. The number of amides is 1. The zero-order valence-corrected chi connectivity index (χ0v) is 17.0. The highest BCUT2D eigenvalue weighted by atomic mass is 16.5. The molecule has 2 N–H and O–H groups in total. The van der Waals surface area contributed by atoms with Crippen LogP contribution in [0.5, 0.6) is 5.75 Å². The van der Waals surface area contributed by atoms with Crippen LogP contribution >= 0.6 is 0 Å². The first-order chi connectivity index (χ1) is 13.5. The van der Waals surface area contributed by atoms with Gasteiger partial charge in [0, 0.05) is 12.6 Å². The largest absolute Gasteiger partial charge is 0.497 e. The summed E-state index contributed by atoms with van der Waals surface area (Å²) in [4.78, 5) is 13.1. The van der Waals surface area contributed by atoms with Gasteiger partial charge >= 0.3 is 0 Å². The van der Waals surface area contributed by atoms with Crippen molar-refractivity contribution in [1.29, 1.82) is 0 Å². The minimum Gasteiger partial charge on any atom is -0.497 e. The van der Waals surface area contributed by atoms with E-state index in [1.165, 1.54) is 10.8 Å². The van der Waals surface area contributed by atoms with Crippen molar-refractivity contribution in [2.45, 2.75) is 26.4 Å². The number of rotatable bonds is 7. The molecule has 3 aromatic rings. The van der Waals surface area contributed by atoms with Crippen LogP contribution in [-0.4, -0.2) is 20.1 Å². The predicted octanol–water partition coefficient (Wildman–Crippen LogP) is 4.45. The standard InChI is InChI=1S/C24H28N2O2/c1-24(2,22(25-3)18-11-8-13-20(15-18)28-4)23(27)26-16-19-12-7-10-17-9-5-6-14-21(17)19/h5-15,22,25H,16H2,1-4H3,(H,26,27). The Morgan fingerprint density at radius 3 is 2.50 bits per heavy atom. The number of fused-ring (bicyclic) bond motifs is 1. The Balaban J connectivity index is 1.79. The minimum atomic E-state index is -0.647. The van der Waals surface area contributed by atoms with Crippen LogP contribution in [-0.2, 0) is 11.3 Å². The van der Waals surface area contributed by atoms with E-state index >= 15 is 0 Å². The number of hydrogen-bond acceptors (Lipinski definition) is 3. The zero-order valence-electron chi connectivity index (χ0n) is 17.0. The van der Waals surface area contributed by atoms with Crippen LogP contribution in [0, 0.1) is 5.41 Å². The van der Waals surface area contributed by atoms with E-state index in [4.69, 9.17) is 4.74 Å². The molecular formula is C24H28N2O2. The summed E-state index contributed by atoms with van der Waals surface area (Å²) in [5, 5.41) is 8.78. The quantitative estimate of drug-likeness (QED) is 0.640. The highest BCUT2D eigenvalue weighted by Crippen LogP contribution is 2.35. The van der Waals surface area contributed by atoms with Crippen molar-refractivity contribution in [2.75, 3.05) is 14.2 Å². The lowest BCUT2D eigenvalue weighted by atomic mass is 9.79. The highest BCUT2D eigenvalue weighted by Gasteiger charge is 2.37. The SMILES string of the molecule is CNC(c1cccc(OC)c1)C(C)(C)C(=O)NCc1cccc2ccccc12. The molecule has 0 aliphatic heterocycles. The lowest BCUT2D eigenvalue weighted by Gasteiger charge is -2.33. The second-order valence-electron chi connectivity index (χ2n) is 7.54. The monoisotopic (exact) mass is 376 g/mol. The van der Waals surface area contributed by atoms with E-state index in [1.54, 1.807) is 7.11 Å². The number of ether oxygens (including phenoxy) is 1. The summed E-state index contributed by atoms with van der Waals surface area (Å²) in [6.45, 7) is 4.43. The third-order valence-electron chi connectivity index (χ3n) is 5.34. The van der Waals surface area contributed by atoms with E-state index in [2.05, 4.69) is 34.9 Å². The summed E-state index contributed by atoms with van der Waals surface area (Å²) in [6, 6.07) is 22.1. The predicted molar refractivity (Wildman–Crippen MR) is 114 cm³/mol. The molecule has 3 rings (SSSR count). The molecule has 1 amide bonds. The number of carbonyl (C=O) groups excluding carboxylic acids is 1. The van der Waals surface area contributed by atoms with Gasteiger partial charge in [-0.1, -0.05) is 54.6 Å². The molecule has 0 fully saturated rings. The molecule has 0 aliphatic rings. The Bertz CT molecular complexity index is 960. The molecule has 4 nitrogen and oxygen atoms in total. The molecule has 0 aliphatic carbocycles. The Hall–Kier alpha value is -2.85. The van der Waals surface area contributed by atoms with Crippen LogP contribution in [0.25, 0.3) is 10.8 Å². The molecule has 3 aromatic carbocycles. The van der Waals surface area contributed by atoms with Crippen molar-refractivity contribution in [2.24, 2.45) is 5.41 Å². The molecule has 28 heavy (non-hydrogen) atoms. The molecule has 0 heterocycles. The van der Waals surface area contributed by atoms with E-state index in [-0.39, 0.29) is 11.9 Å². The van der Waals surface area contributed by atoms with Crippen LogP contribution in [0.4, 0.5) is 0 Å². The van der Waals surface area contributed by atoms with Gasteiger partial charge in [0.25, 0.3) is 0 Å². The van der Waals surface area contributed by atoms with Crippen molar-refractivity contribution in [3.8, 4) is 5.75 Å². The Morgan fingerprint density at radius 2 is 1.75 bits per heavy atom. The summed E-state index contributed by atoms with van der Waals surface area (Å²) < 4.78 is 5.34. The molecule has 0 saturated carbocycles. The second-order valence-corrected chi connectivity index (χ2v) is 7.54. The summed E-state index contributed by atoms with van der Waals surface area (Å²) in [7, 11) is 3.53. The maximum atomic E-state index is 13.1. The summed E-state index contributed by atoms with van der Waals surface area (Å²) >= 11 is 0. The maximum absolute atomic E-state index is 13.1. The number of benzene rings is 3. The van der Waals surface area contributed by atoms with Crippen LogP contribution in [0.3, 0.4) is 0 Å². The van der Waals surface area contributed by atoms with Gasteiger partial charge in [-0.15, -0.1) is 0 Å². The van der Waals surface area contributed by atoms with Gasteiger partial charge in [0.15, 0.2) is 0 Å². The Labute approximate surface area is 166 Å². The molecule has 0 saturated heterocycles. The van der Waals surface area contributed by atoms with Gasteiger partial charge in [0.2, 0.25) is 5.91 Å². The number of carbonyl (C=O) groups is 1. The first-order valence-electron chi connectivity index (χ1n) is 9.53. The van der Waals surface area contributed by atoms with E-state index in [0.29, 0.717) is 6.54 Å². The van der Waals surface area contributed by atoms with Crippen molar-refractivity contribution in [3.63, 3.8) is 0 Å². The molecule has 0 aromatic heterocycles. The summed E-state index contributed by atoms with van der Waals surface area (Å²) in [5.41, 5.74) is 1.49. The first kappa shape index (κ1) is 19.9. The third kappa shape index (κ3) is 4.02. The number of methoxy groups -OCH3 is 1. The van der Waals surface area contributed by atoms with Gasteiger partial charge in [0.1, 0.15) is 5.75 Å².